The van der Waals surface area contributed by atoms with Crippen LogP contribution in [0, 0.1) is 5.41 Å². The number of fused-ring (bicyclic) bond motifs is 5. The van der Waals surface area contributed by atoms with E-state index in [1.54, 1.807) is 14.2 Å². The molecule has 1 atom stereocenters. The molecule has 0 radical (unpaired) electrons. The lowest BCUT2D eigenvalue weighted by Crippen LogP contribution is -2.29. The number of carboxylic acids is 1. The first-order valence-electron chi connectivity index (χ1n) is 9.30. The van der Waals surface area contributed by atoms with Gasteiger partial charge in [-0.3, -0.25) is 9.20 Å². The Morgan fingerprint density at radius 2 is 2.03 bits per heavy atom. The Labute approximate surface area is 167 Å². The Morgan fingerprint density at radius 1 is 1.31 bits per heavy atom. The van der Waals surface area contributed by atoms with Crippen molar-refractivity contribution in [1.29, 1.82) is 0 Å². The molecular weight excluding hydrogens is 374 g/mol. The Morgan fingerprint density at radius 3 is 2.62 bits per heavy atom. The summed E-state index contributed by atoms with van der Waals surface area (Å²) in [6.07, 6.45) is 2.52. The average Bonchev–Trinajstić information content (AvgIpc) is 3.03. The number of carbonyl (C=O) groups is 1. The van der Waals surface area contributed by atoms with Crippen molar-refractivity contribution in [2.45, 2.75) is 33.1 Å². The van der Waals surface area contributed by atoms with Crippen LogP contribution >= 0.6 is 0 Å². The summed E-state index contributed by atoms with van der Waals surface area (Å²) in [5.74, 6) is -0.186. The van der Waals surface area contributed by atoms with Crippen LogP contribution in [-0.2, 0) is 6.42 Å². The molecule has 2 N–H and O–H groups in total. The third-order valence-corrected chi connectivity index (χ3v) is 5.59. The van der Waals surface area contributed by atoms with Crippen LogP contribution in [0.2, 0.25) is 0 Å². The average molecular weight is 397 g/mol. The minimum absolute atomic E-state index is 0.00653. The minimum atomic E-state index is -1.24. The highest BCUT2D eigenvalue weighted by molar-refractivity contribution is 5.88. The molecule has 3 aromatic heterocycles. The molecule has 0 fully saturated rings. The summed E-state index contributed by atoms with van der Waals surface area (Å²) in [7, 11) is 3.12. The maximum absolute atomic E-state index is 12.4. The van der Waals surface area contributed by atoms with Crippen LogP contribution in [0.15, 0.2) is 23.1 Å². The molecule has 0 bridgehead atoms. The van der Waals surface area contributed by atoms with Crippen molar-refractivity contribution in [3.8, 4) is 22.9 Å². The van der Waals surface area contributed by atoms with Gasteiger partial charge in [-0.25, -0.2) is 9.78 Å². The molecule has 29 heavy (non-hydrogen) atoms. The van der Waals surface area contributed by atoms with Gasteiger partial charge in [-0.15, -0.1) is 0 Å². The first-order valence-corrected chi connectivity index (χ1v) is 9.30. The maximum atomic E-state index is 12.4. The Bertz CT molecular complexity index is 1200. The Balaban J connectivity index is 2.08. The summed E-state index contributed by atoms with van der Waals surface area (Å²) in [6.45, 7) is 6.31. The SMILES string of the molecule is COc1ccn2c3c(nc2c1OC)-c1[nH]c(=O)c(C(=O)O)cc1[C@@H](C(C)(C)C)C3. The fourth-order valence-electron chi connectivity index (χ4n) is 4.11. The number of hydrogen-bond acceptors (Lipinski definition) is 5. The van der Waals surface area contributed by atoms with Crippen molar-refractivity contribution in [3.63, 3.8) is 0 Å². The molecule has 8 heteroatoms. The van der Waals surface area contributed by atoms with Gasteiger partial charge in [0.25, 0.3) is 5.56 Å². The van der Waals surface area contributed by atoms with Gasteiger partial charge in [0.05, 0.1) is 25.6 Å². The second-order valence-corrected chi connectivity index (χ2v) is 8.29. The molecule has 3 aromatic rings. The number of H-pyrrole nitrogens is 1. The second kappa shape index (κ2) is 6.37. The molecule has 0 aromatic carbocycles. The highest BCUT2D eigenvalue weighted by Gasteiger charge is 2.37. The van der Waals surface area contributed by atoms with Crippen LogP contribution in [0.3, 0.4) is 0 Å². The smallest absolute Gasteiger partial charge is 0.341 e. The zero-order valence-corrected chi connectivity index (χ0v) is 17.0. The molecule has 0 aliphatic heterocycles. The Kier molecular flexibility index (Phi) is 4.18. The summed E-state index contributed by atoms with van der Waals surface area (Å²) in [4.78, 5) is 31.5. The standard InChI is InChI=1S/C21H23N3O5/c1-21(2,3)12-9-13-16(15-10(12)8-11(20(26)27)19(25)23-15)22-18-17(29-5)14(28-4)6-7-24(13)18/h6-8,12H,9H2,1-5H3,(H,23,25)(H,26,27)/t12-/m0/s1. The monoisotopic (exact) mass is 397 g/mol. The van der Waals surface area contributed by atoms with E-state index in [-0.39, 0.29) is 16.9 Å². The summed E-state index contributed by atoms with van der Waals surface area (Å²) in [5, 5.41) is 9.42. The van der Waals surface area contributed by atoms with Crippen molar-refractivity contribution in [2.75, 3.05) is 14.2 Å². The molecule has 0 amide bonds. The highest BCUT2D eigenvalue weighted by Crippen LogP contribution is 2.47. The molecule has 0 saturated carbocycles. The summed E-state index contributed by atoms with van der Waals surface area (Å²) >= 11 is 0. The lowest BCUT2D eigenvalue weighted by atomic mass is 9.70. The molecule has 1 aliphatic rings. The molecule has 1 aliphatic carbocycles. The second-order valence-electron chi connectivity index (χ2n) is 8.29. The summed E-state index contributed by atoms with van der Waals surface area (Å²) < 4.78 is 12.9. The zero-order chi connectivity index (χ0) is 21.1. The molecular formula is C21H23N3O5. The van der Waals surface area contributed by atoms with E-state index in [1.807, 2.05) is 16.7 Å². The first kappa shape index (κ1) is 19.0. The van der Waals surface area contributed by atoms with E-state index in [1.165, 1.54) is 6.07 Å². The third-order valence-electron chi connectivity index (χ3n) is 5.59. The van der Waals surface area contributed by atoms with E-state index >= 15 is 0 Å². The number of aromatic nitrogens is 3. The topological polar surface area (TPSA) is 106 Å². The first-order chi connectivity index (χ1) is 13.7. The van der Waals surface area contributed by atoms with Crippen LogP contribution in [0.25, 0.3) is 17.0 Å². The van der Waals surface area contributed by atoms with E-state index < -0.39 is 11.5 Å². The van der Waals surface area contributed by atoms with Crippen molar-refractivity contribution < 1.29 is 19.4 Å². The van der Waals surface area contributed by atoms with E-state index in [0.29, 0.717) is 35.0 Å². The van der Waals surface area contributed by atoms with E-state index in [0.717, 1.165) is 11.3 Å². The number of imidazole rings is 1. The lowest BCUT2D eigenvalue weighted by Gasteiger charge is -2.35. The van der Waals surface area contributed by atoms with Crippen molar-refractivity contribution in [1.82, 2.24) is 14.4 Å². The van der Waals surface area contributed by atoms with Gasteiger partial charge < -0.3 is 19.6 Å². The predicted octanol–water partition coefficient (Wildman–Crippen LogP) is 3.09. The fourth-order valence-corrected chi connectivity index (χ4v) is 4.11. The van der Waals surface area contributed by atoms with E-state index in [9.17, 15) is 14.7 Å². The predicted molar refractivity (Wildman–Crippen MR) is 107 cm³/mol. The molecule has 3 heterocycles. The number of methoxy groups -OCH3 is 2. The van der Waals surface area contributed by atoms with Crippen LogP contribution in [0.5, 0.6) is 11.5 Å². The van der Waals surface area contributed by atoms with Gasteiger partial charge in [-0.05, 0) is 29.4 Å². The maximum Gasteiger partial charge on any atom is 0.341 e. The third kappa shape index (κ3) is 2.78. The molecule has 0 spiro atoms. The van der Waals surface area contributed by atoms with Gasteiger partial charge in [-0.2, -0.15) is 0 Å². The van der Waals surface area contributed by atoms with Gasteiger partial charge in [0.2, 0.25) is 5.75 Å². The van der Waals surface area contributed by atoms with Crippen LogP contribution < -0.4 is 15.0 Å². The van der Waals surface area contributed by atoms with Crippen molar-refractivity contribution in [3.05, 3.63) is 45.5 Å². The number of carboxylic acid groups (broad SMARTS) is 1. The van der Waals surface area contributed by atoms with E-state index in [2.05, 4.69) is 25.8 Å². The number of ether oxygens (including phenoxy) is 2. The van der Waals surface area contributed by atoms with Gasteiger partial charge in [0.1, 0.15) is 11.3 Å². The fraction of sp³-hybridized carbons (Fsp3) is 0.381. The number of nitrogens with one attached hydrogen (secondary N) is 1. The summed E-state index contributed by atoms with van der Waals surface area (Å²) in [6, 6.07) is 3.31. The van der Waals surface area contributed by atoms with Crippen LogP contribution in [0.1, 0.15) is 48.3 Å². The minimum Gasteiger partial charge on any atom is -0.493 e. The highest BCUT2D eigenvalue weighted by atomic mass is 16.5. The zero-order valence-electron chi connectivity index (χ0n) is 17.0. The molecule has 0 unspecified atom stereocenters. The lowest BCUT2D eigenvalue weighted by molar-refractivity contribution is 0.0694. The number of hydrogen-bond donors (Lipinski definition) is 2. The van der Waals surface area contributed by atoms with Crippen molar-refractivity contribution >= 4 is 11.6 Å². The van der Waals surface area contributed by atoms with Gasteiger partial charge in [0, 0.05) is 12.3 Å². The normalized spacial score (nSPS) is 15.7. The number of rotatable bonds is 3. The largest absolute Gasteiger partial charge is 0.493 e. The quantitative estimate of drug-likeness (QED) is 0.703. The van der Waals surface area contributed by atoms with Gasteiger partial charge in [-0.1, -0.05) is 20.8 Å². The number of pyridine rings is 2. The van der Waals surface area contributed by atoms with Crippen LogP contribution in [-0.4, -0.2) is 39.7 Å². The number of aromatic amines is 1. The van der Waals surface area contributed by atoms with Crippen LogP contribution in [0.4, 0.5) is 0 Å². The molecule has 8 nitrogen and oxygen atoms in total. The number of nitrogens with zero attached hydrogens (tertiary/aromatic N) is 2. The van der Waals surface area contributed by atoms with Gasteiger partial charge >= 0.3 is 5.97 Å². The van der Waals surface area contributed by atoms with Crippen molar-refractivity contribution in [2.24, 2.45) is 5.41 Å². The molecule has 152 valence electrons. The van der Waals surface area contributed by atoms with Gasteiger partial charge in [0.15, 0.2) is 11.4 Å². The molecule has 0 saturated heterocycles. The molecule has 4 rings (SSSR count). The Hall–Kier alpha value is -3.29. The number of aromatic carboxylic acids is 1. The van der Waals surface area contributed by atoms with E-state index in [4.69, 9.17) is 14.5 Å². The summed E-state index contributed by atoms with van der Waals surface area (Å²) in [5.41, 5.74) is 2.43.